The van der Waals surface area contributed by atoms with Gasteiger partial charge < -0.3 is 11.1 Å². The average molecular weight is 454 g/mol. The molecule has 1 amide bonds. The lowest BCUT2D eigenvalue weighted by atomic mass is 9.89. The zero-order valence-corrected chi connectivity index (χ0v) is 20.6. The van der Waals surface area contributed by atoms with Crippen molar-refractivity contribution < 1.29 is 17.5 Å². The van der Waals surface area contributed by atoms with Crippen molar-refractivity contribution in [2.24, 2.45) is 11.7 Å². The van der Waals surface area contributed by atoms with Crippen molar-refractivity contribution in [3.05, 3.63) is 28.8 Å². The van der Waals surface area contributed by atoms with Crippen LogP contribution in [0, 0.1) is 5.92 Å². The highest BCUT2D eigenvalue weighted by Crippen LogP contribution is 2.36. The number of nitrogens with one attached hydrogen (secondary N) is 1. The van der Waals surface area contributed by atoms with Crippen LogP contribution < -0.4 is 11.1 Å². The van der Waals surface area contributed by atoms with Crippen LogP contribution in [0.15, 0.2) is 17.0 Å². The van der Waals surface area contributed by atoms with E-state index in [-0.39, 0.29) is 23.7 Å². The Labute approximate surface area is 187 Å². The number of carbonyl (C=O) groups excluding carboxylic acids is 1. The number of hydroxylamine groups is 2. The Kier molecular flexibility index (Phi) is 9.06. The molecule has 0 spiro atoms. The number of benzene rings is 1. The number of hydrogen-bond donors (Lipinski definition) is 2. The normalized spacial score (nSPS) is 16.5. The van der Waals surface area contributed by atoms with Crippen LogP contribution in [0.25, 0.3) is 0 Å². The van der Waals surface area contributed by atoms with E-state index >= 15 is 0 Å². The minimum atomic E-state index is -4.00. The van der Waals surface area contributed by atoms with E-state index in [9.17, 15) is 13.2 Å². The first-order chi connectivity index (χ1) is 14.5. The summed E-state index contributed by atoms with van der Waals surface area (Å²) in [6, 6.07) is 4.01. The first-order valence-corrected chi connectivity index (χ1v) is 12.7. The molecule has 1 saturated heterocycles. The summed E-state index contributed by atoms with van der Waals surface area (Å²) in [5.74, 6) is 0.221. The number of nitrogens with two attached hydrogens (primary N) is 1. The Bertz CT molecular complexity index is 829. The summed E-state index contributed by atoms with van der Waals surface area (Å²) in [4.78, 5) is 12.4. The van der Waals surface area contributed by atoms with Crippen LogP contribution in [-0.2, 0) is 19.2 Å². The van der Waals surface area contributed by atoms with Crippen LogP contribution in [0.3, 0.4) is 0 Å². The summed E-state index contributed by atoms with van der Waals surface area (Å²) in [5, 5.41) is 4.28. The summed E-state index contributed by atoms with van der Waals surface area (Å²) >= 11 is 0. The van der Waals surface area contributed by atoms with E-state index in [1.54, 1.807) is 0 Å². The van der Waals surface area contributed by atoms with E-state index < -0.39 is 10.1 Å². The lowest BCUT2D eigenvalue weighted by molar-refractivity contribution is -0.130. The van der Waals surface area contributed by atoms with Crippen molar-refractivity contribution in [1.82, 2.24) is 10.4 Å². The number of carbonyl (C=O) groups is 1. The molecule has 8 heteroatoms. The lowest BCUT2D eigenvalue weighted by Crippen LogP contribution is -2.42. The van der Waals surface area contributed by atoms with Gasteiger partial charge in [-0.05, 0) is 47.3 Å². The van der Waals surface area contributed by atoms with Crippen molar-refractivity contribution >= 4 is 16.0 Å². The van der Waals surface area contributed by atoms with Gasteiger partial charge in [-0.2, -0.15) is 17.8 Å². The number of piperidine rings is 1. The maximum Gasteiger partial charge on any atom is 0.313 e. The molecule has 2 rings (SSSR count). The summed E-state index contributed by atoms with van der Waals surface area (Å²) in [6.07, 6.45) is 1.10. The molecular weight excluding hydrogens is 414 g/mol. The van der Waals surface area contributed by atoms with E-state index in [0.717, 1.165) is 16.7 Å². The van der Waals surface area contributed by atoms with Gasteiger partial charge in [0.25, 0.3) is 0 Å². The van der Waals surface area contributed by atoms with Crippen LogP contribution in [-0.4, -0.2) is 45.6 Å². The largest absolute Gasteiger partial charge is 0.355 e. The fourth-order valence-electron chi connectivity index (χ4n) is 3.89. The summed E-state index contributed by atoms with van der Waals surface area (Å²) < 4.78 is 32.5. The number of hydrogen-bond acceptors (Lipinski definition) is 6. The molecule has 0 radical (unpaired) electrons. The van der Waals surface area contributed by atoms with Crippen LogP contribution in [0.5, 0.6) is 0 Å². The molecule has 1 aromatic rings. The van der Waals surface area contributed by atoms with Gasteiger partial charge in [-0.3, -0.25) is 4.79 Å². The van der Waals surface area contributed by atoms with Gasteiger partial charge in [0.15, 0.2) is 0 Å². The highest BCUT2D eigenvalue weighted by Gasteiger charge is 2.32. The Morgan fingerprint density at radius 1 is 1.06 bits per heavy atom. The number of nitrogens with zero attached hydrogens (tertiary/aromatic N) is 1. The Hall–Kier alpha value is -1.48. The summed E-state index contributed by atoms with van der Waals surface area (Å²) in [6.45, 7) is 13.9. The topological polar surface area (TPSA) is 102 Å². The van der Waals surface area contributed by atoms with Gasteiger partial charge in [0.1, 0.15) is 4.90 Å². The van der Waals surface area contributed by atoms with Crippen LogP contribution in [0.2, 0.25) is 0 Å². The van der Waals surface area contributed by atoms with Crippen LogP contribution in [0.4, 0.5) is 0 Å². The maximum absolute atomic E-state index is 13.4. The molecule has 3 N–H and O–H groups in total. The first-order valence-electron chi connectivity index (χ1n) is 11.3. The van der Waals surface area contributed by atoms with Crippen LogP contribution >= 0.6 is 0 Å². The van der Waals surface area contributed by atoms with Crippen molar-refractivity contribution in [3.8, 4) is 0 Å². The van der Waals surface area contributed by atoms with Gasteiger partial charge in [-0.1, -0.05) is 53.7 Å². The fourth-order valence-corrected chi connectivity index (χ4v) is 5.55. The molecule has 0 aliphatic carbocycles. The van der Waals surface area contributed by atoms with Gasteiger partial charge in [0.2, 0.25) is 5.91 Å². The Morgan fingerprint density at radius 3 is 2.00 bits per heavy atom. The smallest absolute Gasteiger partial charge is 0.313 e. The molecule has 7 nitrogen and oxygen atoms in total. The second-order valence-corrected chi connectivity index (χ2v) is 10.8. The van der Waals surface area contributed by atoms with E-state index in [0.29, 0.717) is 49.8 Å². The lowest BCUT2D eigenvalue weighted by Gasteiger charge is -2.30. The SMILES string of the molecule is CC(C)c1cc(C(C)C)c(S(=O)(=O)ON2CCC(C(=O)NCCN)CC2)c(C(C)C)c1. The molecule has 0 saturated carbocycles. The van der Waals surface area contributed by atoms with Gasteiger partial charge in [-0.15, -0.1) is 0 Å². The Balaban J connectivity index is 2.27. The van der Waals surface area contributed by atoms with Gasteiger partial charge >= 0.3 is 10.1 Å². The zero-order chi connectivity index (χ0) is 23.3. The average Bonchev–Trinajstić information content (AvgIpc) is 2.71. The standard InChI is InChI=1S/C23H39N3O4S/c1-15(2)19-13-20(16(3)4)22(21(14-19)17(5)6)31(28,29)30-26-11-7-18(8-12-26)23(27)25-10-9-24/h13-18H,7-12,24H2,1-6H3,(H,25,27). The summed E-state index contributed by atoms with van der Waals surface area (Å²) in [5.41, 5.74) is 8.17. The van der Waals surface area contributed by atoms with Crippen molar-refractivity contribution in [1.29, 1.82) is 0 Å². The molecule has 31 heavy (non-hydrogen) atoms. The monoisotopic (exact) mass is 453 g/mol. The van der Waals surface area contributed by atoms with Crippen LogP contribution in [0.1, 0.15) is 88.8 Å². The maximum atomic E-state index is 13.4. The first kappa shape index (κ1) is 25.8. The van der Waals surface area contributed by atoms with E-state index in [2.05, 4.69) is 19.2 Å². The third kappa shape index (κ3) is 6.51. The van der Waals surface area contributed by atoms with E-state index in [4.69, 9.17) is 10.0 Å². The molecule has 1 aliphatic heterocycles. The molecule has 176 valence electrons. The summed E-state index contributed by atoms with van der Waals surface area (Å²) in [7, 11) is -4.00. The second-order valence-electron chi connectivity index (χ2n) is 9.30. The van der Waals surface area contributed by atoms with Gasteiger partial charge in [0, 0.05) is 32.1 Å². The Morgan fingerprint density at radius 2 is 1.58 bits per heavy atom. The number of rotatable bonds is 9. The van der Waals surface area contributed by atoms with Gasteiger partial charge in [0.05, 0.1) is 0 Å². The molecule has 1 aliphatic rings. The molecule has 0 aromatic heterocycles. The predicted molar refractivity (Wildman–Crippen MR) is 123 cm³/mol. The minimum absolute atomic E-state index is 0.0265. The van der Waals surface area contributed by atoms with Crippen molar-refractivity contribution in [2.75, 3.05) is 26.2 Å². The minimum Gasteiger partial charge on any atom is -0.355 e. The molecule has 1 heterocycles. The zero-order valence-electron chi connectivity index (χ0n) is 19.8. The number of amides is 1. The highest BCUT2D eigenvalue weighted by atomic mass is 32.2. The molecular formula is C23H39N3O4S. The highest BCUT2D eigenvalue weighted by molar-refractivity contribution is 7.86. The van der Waals surface area contributed by atoms with Gasteiger partial charge in [-0.25, -0.2) is 0 Å². The third-order valence-corrected chi connectivity index (χ3v) is 7.18. The van der Waals surface area contributed by atoms with Crippen molar-refractivity contribution in [2.45, 2.75) is 77.0 Å². The fraction of sp³-hybridized carbons (Fsp3) is 0.696. The molecule has 0 bridgehead atoms. The van der Waals surface area contributed by atoms with E-state index in [1.165, 1.54) is 5.06 Å². The second kappa shape index (κ2) is 10.9. The molecule has 1 fully saturated rings. The van der Waals surface area contributed by atoms with E-state index in [1.807, 2.05) is 39.8 Å². The molecule has 0 unspecified atom stereocenters. The predicted octanol–water partition coefficient (Wildman–Crippen LogP) is 3.46. The van der Waals surface area contributed by atoms with Crippen molar-refractivity contribution in [3.63, 3.8) is 0 Å². The molecule has 0 atom stereocenters. The molecule has 1 aromatic carbocycles. The third-order valence-electron chi connectivity index (χ3n) is 5.80. The quantitative estimate of drug-likeness (QED) is 0.594.